The molecule has 1 N–H and O–H groups in total. The summed E-state index contributed by atoms with van der Waals surface area (Å²) in [6.07, 6.45) is 5.07. The number of aromatic nitrogens is 1. The normalized spacial score (nSPS) is 10.6. The van der Waals surface area contributed by atoms with E-state index in [1.807, 2.05) is 30.3 Å². The van der Waals surface area contributed by atoms with E-state index in [-0.39, 0.29) is 5.56 Å². The van der Waals surface area contributed by atoms with Crippen molar-refractivity contribution in [1.82, 2.24) is 4.98 Å². The Bertz CT molecular complexity index is 603. The maximum Gasteiger partial charge on any atom is 0.337 e. The fourth-order valence-electron chi connectivity index (χ4n) is 1.62. The molecule has 0 amide bonds. The Labute approximate surface area is 111 Å². The number of nitrogens with zero attached hydrogens (tertiary/aromatic N) is 1. The van der Waals surface area contributed by atoms with Gasteiger partial charge in [0.25, 0.3) is 0 Å². The minimum atomic E-state index is -0.984. The molecule has 0 spiro atoms. The zero-order valence-corrected chi connectivity index (χ0v) is 10.4. The van der Waals surface area contributed by atoms with E-state index in [1.165, 1.54) is 6.07 Å². The molecule has 4 heteroatoms. The van der Waals surface area contributed by atoms with Crippen LogP contribution < -0.4 is 4.74 Å². The van der Waals surface area contributed by atoms with E-state index >= 15 is 0 Å². The van der Waals surface area contributed by atoms with Gasteiger partial charge in [-0.25, -0.2) is 4.79 Å². The Morgan fingerprint density at radius 3 is 2.58 bits per heavy atom. The summed E-state index contributed by atoms with van der Waals surface area (Å²) in [6.45, 7) is 0. The third-order valence-electron chi connectivity index (χ3n) is 2.62. The quantitative estimate of drug-likeness (QED) is 0.912. The van der Waals surface area contributed by atoms with Gasteiger partial charge in [-0.15, -0.1) is 0 Å². The van der Waals surface area contributed by atoms with E-state index in [0.717, 1.165) is 11.3 Å². The zero-order valence-electron chi connectivity index (χ0n) is 10.4. The highest BCUT2D eigenvalue weighted by Crippen LogP contribution is 2.14. The second kappa shape index (κ2) is 5.82. The molecule has 0 unspecified atom stereocenters. The molecule has 2 rings (SSSR count). The van der Waals surface area contributed by atoms with Crippen molar-refractivity contribution in [2.45, 2.75) is 0 Å². The number of rotatable bonds is 4. The standard InChI is InChI=1S/C15H13NO3/c1-19-12-7-4-11(5-8-12)6-9-14-13(15(17)18)3-2-10-16-14/h2-10H,1H3,(H,17,18)/b9-6+. The van der Waals surface area contributed by atoms with Crippen LogP contribution in [0.3, 0.4) is 0 Å². The van der Waals surface area contributed by atoms with Gasteiger partial charge in [0.05, 0.1) is 18.4 Å². The fraction of sp³-hybridized carbons (Fsp3) is 0.0667. The van der Waals surface area contributed by atoms with E-state index in [4.69, 9.17) is 9.84 Å². The molecular weight excluding hydrogens is 242 g/mol. The van der Waals surface area contributed by atoms with Crippen molar-refractivity contribution in [2.75, 3.05) is 7.11 Å². The minimum absolute atomic E-state index is 0.187. The summed E-state index contributed by atoms with van der Waals surface area (Å²) in [5.74, 6) is -0.205. The lowest BCUT2D eigenvalue weighted by Gasteiger charge is -2.00. The zero-order chi connectivity index (χ0) is 13.7. The lowest BCUT2D eigenvalue weighted by molar-refractivity contribution is 0.0696. The number of hydrogen-bond acceptors (Lipinski definition) is 3. The van der Waals surface area contributed by atoms with Crippen LogP contribution in [0.5, 0.6) is 5.75 Å². The molecule has 0 radical (unpaired) electrons. The molecule has 0 aliphatic heterocycles. The van der Waals surface area contributed by atoms with E-state index in [2.05, 4.69) is 4.98 Å². The SMILES string of the molecule is COc1ccc(/C=C/c2ncccc2C(=O)O)cc1. The van der Waals surface area contributed by atoms with Gasteiger partial charge in [-0.1, -0.05) is 18.2 Å². The number of benzene rings is 1. The van der Waals surface area contributed by atoms with Crippen LogP contribution in [0.4, 0.5) is 0 Å². The Hall–Kier alpha value is -2.62. The van der Waals surface area contributed by atoms with Crippen LogP contribution in [0.2, 0.25) is 0 Å². The molecule has 1 aromatic carbocycles. The number of hydrogen-bond donors (Lipinski definition) is 1. The number of pyridine rings is 1. The van der Waals surface area contributed by atoms with Gasteiger partial charge in [-0.3, -0.25) is 4.98 Å². The third-order valence-corrected chi connectivity index (χ3v) is 2.62. The number of methoxy groups -OCH3 is 1. The average Bonchev–Trinajstić information content (AvgIpc) is 2.46. The highest BCUT2D eigenvalue weighted by atomic mass is 16.5. The largest absolute Gasteiger partial charge is 0.497 e. The molecule has 1 aromatic heterocycles. The van der Waals surface area contributed by atoms with Gasteiger partial charge >= 0.3 is 5.97 Å². The predicted octanol–water partition coefficient (Wildman–Crippen LogP) is 2.96. The van der Waals surface area contributed by atoms with Crippen LogP contribution in [0.1, 0.15) is 21.6 Å². The Morgan fingerprint density at radius 1 is 1.21 bits per heavy atom. The smallest absolute Gasteiger partial charge is 0.337 e. The number of ether oxygens (including phenoxy) is 1. The van der Waals surface area contributed by atoms with Gasteiger partial charge in [0, 0.05) is 6.20 Å². The molecule has 0 saturated carbocycles. The molecule has 2 aromatic rings. The predicted molar refractivity (Wildman–Crippen MR) is 73.1 cm³/mol. The summed E-state index contributed by atoms with van der Waals surface area (Å²) in [4.78, 5) is 15.1. The van der Waals surface area contributed by atoms with Crippen molar-refractivity contribution in [1.29, 1.82) is 0 Å². The summed E-state index contributed by atoms with van der Waals surface area (Å²) < 4.78 is 5.07. The van der Waals surface area contributed by atoms with Crippen LogP contribution in [0, 0.1) is 0 Å². The lowest BCUT2D eigenvalue weighted by Crippen LogP contribution is -2.00. The molecule has 0 aliphatic rings. The Morgan fingerprint density at radius 2 is 1.95 bits per heavy atom. The summed E-state index contributed by atoms with van der Waals surface area (Å²) in [5.41, 5.74) is 1.57. The first-order valence-corrected chi connectivity index (χ1v) is 5.71. The first-order valence-electron chi connectivity index (χ1n) is 5.71. The summed E-state index contributed by atoms with van der Waals surface area (Å²) in [5, 5.41) is 9.04. The van der Waals surface area contributed by atoms with Gasteiger partial charge in [0.2, 0.25) is 0 Å². The van der Waals surface area contributed by atoms with Crippen LogP contribution in [0.15, 0.2) is 42.6 Å². The van der Waals surface area contributed by atoms with Gasteiger partial charge in [0.1, 0.15) is 5.75 Å². The van der Waals surface area contributed by atoms with Gasteiger partial charge < -0.3 is 9.84 Å². The van der Waals surface area contributed by atoms with Gasteiger partial charge in [-0.05, 0) is 35.9 Å². The average molecular weight is 255 g/mol. The minimum Gasteiger partial charge on any atom is -0.497 e. The maximum absolute atomic E-state index is 11.0. The molecule has 0 saturated heterocycles. The summed E-state index contributed by atoms with van der Waals surface area (Å²) in [7, 11) is 1.61. The van der Waals surface area contributed by atoms with Crippen molar-refractivity contribution in [3.8, 4) is 5.75 Å². The first kappa shape index (κ1) is 12.8. The Kier molecular flexibility index (Phi) is 3.93. The highest BCUT2D eigenvalue weighted by molar-refractivity contribution is 5.92. The topological polar surface area (TPSA) is 59.4 Å². The number of carboxylic acids is 1. The molecular formula is C15H13NO3. The van der Waals surface area contributed by atoms with Crippen molar-refractivity contribution in [3.05, 3.63) is 59.4 Å². The van der Waals surface area contributed by atoms with Crippen LogP contribution in [-0.2, 0) is 0 Å². The molecule has 0 fully saturated rings. The van der Waals surface area contributed by atoms with E-state index in [0.29, 0.717) is 5.69 Å². The summed E-state index contributed by atoms with van der Waals surface area (Å²) in [6, 6.07) is 10.6. The van der Waals surface area contributed by atoms with Crippen LogP contribution >= 0.6 is 0 Å². The summed E-state index contributed by atoms with van der Waals surface area (Å²) >= 11 is 0. The maximum atomic E-state index is 11.0. The molecule has 4 nitrogen and oxygen atoms in total. The Balaban J connectivity index is 2.24. The van der Waals surface area contributed by atoms with Crippen molar-refractivity contribution in [2.24, 2.45) is 0 Å². The van der Waals surface area contributed by atoms with Crippen molar-refractivity contribution in [3.63, 3.8) is 0 Å². The van der Waals surface area contributed by atoms with E-state index in [1.54, 1.807) is 25.4 Å². The molecule has 0 bridgehead atoms. The second-order valence-corrected chi connectivity index (χ2v) is 3.85. The molecule has 19 heavy (non-hydrogen) atoms. The number of carboxylic acid groups (broad SMARTS) is 1. The van der Waals surface area contributed by atoms with Crippen molar-refractivity contribution < 1.29 is 14.6 Å². The number of carbonyl (C=O) groups is 1. The van der Waals surface area contributed by atoms with Crippen molar-refractivity contribution >= 4 is 18.1 Å². The number of aromatic carboxylic acids is 1. The van der Waals surface area contributed by atoms with E-state index in [9.17, 15) is 4.79 Å². The monoisotopic (exact) mass is 255 g/mol. The van der Waals surface area contributed by atoms with Gasteiger partial charge in [-0.2, -0.15) is 0 Å². The van der Waals surface area contributed by atoms with E-state index < -0.39 is 5.97 Å². The lowest BCUT2D eigenvalue weighted by atomic mass is 10.1. The third kappa shape index (κ3) is 3.19. The molecule has 0 atom stereocenters. The second-order valence-electron chi connectivity index (χ2n) is 3.85. The van der Waals surface area contributed by atoms with Crippen LogP contribution in [0.25, 0.3) is 12.2 Å². The molecule has 96 valence electrons. The molecule has 0 aliphatic carbocycles. The highest BCUT2D eigenvalue weighted by Gasteiger charge is 2.07. The van der Waals surface area contributed by atoms with Gasteiger partial charge in [0.15, 0.2) is 0 Å². The first-order chi connectivity index (χ1) is 9.20. The van der Waals surface area contributed by atoms with Crippen LogP contribution in [-0.4, -0.2) is 23.2 Å². The fourth-order valence-corrected chi connectivity index (χ4v) is 1.62. The molecule has 1 heterocycles.